The maximum Gasteiger partial charge on any atom is 0.258 e. The molecule has 1 heterocycles. The van der Waals surface area contributed by atoms with Crippen LogP contribution >= 0.6 is 11.6 Å². The molecule has 34 heavy (non-hydrogen) atoms. The van der Waals surface area contributed by atoms with E-state index in [-0.39, 0.29) is 29.5 Å². The molecule has 2 aromatic carbocycles. The number of aromatic amines is 1. The summed E-state index contributed by atoms with van der Waals surface area (Å²) in [6.45, 7) is 7.11. The summed E-state index contributed by atoms with van der Waals surface area (Å²) in [6.07, 6.45) is 0. The average molecular weight is 506 g/mol. The van der Waals surface area contributed by atoms with E-state index in [1.807, 2.05) is 11.8 Å². The number of carbonyl (C=O) groups is 1. The Bertz CT molecular complexity index is 1320. The molecule has 2 N–H and O–H groups in total. The van der Waals surface area contributed by atoms with Crippen molar-refractivity contribution in [1.29, 1.82) is 0 Å². The van der Waals surface area contributed by atoms with Crippen molar-refractivity contribution in [2.75, 3.05) is 31.5 Å². The van der Waals surface area contributed by atoms with Crippen LogP contribution in [0.3, 0.4) is 0 Å². The van der Waals surface area contributed by atoms with Gasteiger partial charge in [0.15, 0.2) is 0 Å². The van der Waals surface area contributed by atoms with Gasteiger partial charge in [-0.05, 0) is 49.0 Å². The molecule has 0 atom stereocenters. The average Bonchev–Trinajstić information content (AvgIpc) is 2.79. The second kappa shape index (κ2) is 11.1. The first-order valence-corrected chi connectivity index (χ1v) is 12.8. The molecule has 0 radical (unpaired) electrons. The van der Waals surface area contributed by atoms with E-state index >= 15 is 0 Å². The number of H-pyrrole nitrogens is 1. The second-order valence-electron chi connectivity index (χ2n) is 7.64. The second-order valence-corrected chi connectivity index (χ2v) is 10.0. The first-order chi connectivity index (χ1) is 16.2. The maximum absolute atomic E-state index is 12.6. The molecule has 0 unspecified atom stereocenters. The Labute approximate surface area is 203 Å². The fourth-order valence-electron chi connectivity index (χ4n) is 3.55. The Morgan fingerprint density at radius 2 is 1.74 bits per heavy atom. The fraction of sp³-hybridized carbons (Fsp3) is 0.348. The Hall–Kier alpha value is -2.79. The number of nitrogens with zero attached hydrogens (tertiary/aromatic N) is 3. The highest BCUT2D eigenvalue weighted by molar-refractivity contribution is 7.89. The van der Waals surface area contributed by atoms with Crippen molar-refractivity contribution < 1.29 is 13.2 Å². The van der Waals surface area contributed by atoms with Crippen molar-refractivity contribution in [2.45, 2.75) is 32.2 Å². The van der Waals surface area contributed by atoms with Crippen LogP contribution in [-0.2, 0) is 21.4 Å². The molecule has 0 saturated carbocycles. The monoisotopic (exact) mass is 505 g/mol. The third kappa shape index (κ3) is 6.01. The molecule has 182 valence electrons. The number of hydrogen-bond donors (Lipinski definition) is 2. The summed E-state index contributed by atoms with van der Waals surface area (Å²) in [4.78, 5) is 34.1. The molecule has 1 amide bonds. The van der Waals surface area contributed by atoms with Crippen molar-refractivity contribution in [3.8, 4) is 0 Å². The number of rotatable bonds is 10. The smallest absolute Gasteiger partial charge is 0.258 e. The molecule has 9 nitrogen and oxygen atoms in total. The van der Waals surface area contributed by atoms with E-state index in [1.165, 1.54) is 16.4 Å². The van der Waals surface area contributed by atoms with Gasteiger partial charge in [-0.3, -0.25) is 14.5 Å². The number of amides is 1. The van der Waals surface area contributed by atoms with Gasteiger partial charge in [-0.25, -0.2) is 13.4 Å². The van der Waals surface area contributed by atoms with Gasteiger partial charge in [-0.2, -0.15) is 4.31 Å². The molecule has 1 aromatic heterocycles. The van der Waals surface area contributed by atoms with E-state index in [0.717, 1.165) is 0 Å². The molecule has 0 bridgehead atoms. The number of benzene rings is 2. The zero-order chi connectivity index (χ0) is 24.9. The van der Waals surface area contributed by atoms with Crippen molar-refractivity contribution in [2.24, 2.45) is 0 Å². The molecule has 3 aromatic rings. The Morgan fingerprint density at radius 3 is 2.35 bits per heavy atom. The van der Waals surface area contributed by atoms with Crippen LogP contribution in [0.15, 0.2) is 52.2 Å². The highest BCUT2D eigenvalue weighted by atomic mass is 35.5. The Balaban J connectivity index is 1.67. The highest BCUT2D eigenvalue weighted by Crippen LogP contribution is 2.18. The molecular formula is C23H28ClN5O4S. The van der Waals surface area contributed by atoms with Crippen molar-refractivity contribution >= 4 is 44.1 Å². The molecule has 0 spiro atoms. The lowest BCUT2D eigenvalue weighted by Crippen LogP contribution is -2.34. The molecule has 0 aliphatic heterocycles. The number of fused-ring (bicyclic) bond motifs is 1. The van der Waals surface area contributed by atoms with Crippen molar-refractivity contribution in [1.82, 2.24) is 19.2 Å². The van der Waals surface area contributed by atoms with Gasteiger partial charge in [0.1, 0.15) is 5.82 Å². The molecule has 11 heteroatoms. The summed E-state index contributed by atoms with van der Waals surface area (Å²) < 4.78 is 26.6. The zero-order valence-corrected chi connectivity index (χ0v) is 20.9. The van der Waals surface area contributed by atoms with Crippen LogP contribution in [0.1, 0.15) is 26.6 Å². The number of halogens is 1. The standard InChI is InChI=1S/C23H28ClN5O4S/c1-4-28(14-21-26-20-13-16(24)7-12-19(20)23(31)27-21)15-22(30)25-17-8-10-18(11-9-17)34(32,33)29(5-2)6-3/h7-13H,4-6,14-15H2,1-3H3,(H,25,30)(H,26,27,31). The van der Waals surface area contributed by atoms with Gasteiger partial charge in [0.25, 0.3) is 5.56 Å². The summed E-state index contributed by atoms with van der Waals surface area (Å²) in [5.41, 5.74) is 0.717. The van der Waals surface area contributed by atoms with Crippen LogP contribution < -0.4 is 10.9 Å². The Morgan fingerprint density at radius 1 is 1.06 bits per heavy atom. The van der Waals surface area contributed by atoms with Crippen molar-refractivity contribution in [3.63, 3.8) is 0 Å². The number of nitrogens with one attached hydrogen (secondary N) is 2. The predicted molar refractivity (Wildman–Crippen MR) is 134 cm³/mol. The van der Waals surface area contributed by atoms with E-state index in [1.54, 1.807) is 44.2 Å². The van der Waals surface area contributed by atoms with E-state index in [4.69, 9.17) is 11.6 Å². The van der Waals surface area contributed by atoms with Gasteiger partial charge in [0, 0.05) is 23.8 Å². The SMILES string of the molecule is CCN(CC(=O)Nc1ccc(S(=O)(=O)N(CC)CC)cc1)Cc1nc2cc(Cl)ccc2c(=O)[nH]1. The van der Waals surface area contributed by atoms with Gasteiger partial charge < -0.3 is 10.3 Å². The van der Waals surface area contributed by atoms with E-state index in [0.29, 0.717) is 47.1 Å². The number of sulfonamides is 1. The first kappa shape index (κ1) is 25.8. The summed E-state index contributed by atoms with van der Waals surface area (Å²) in [5.74, 6) is 0.160. The van der Waals surface area contributed by atoms with E-state index < -0.39 is 10.0 Å². The van der Waals surface area contributed by atoms with Gasteiger partial charge in [-0.1, -0.05) is 32.4 Å². The van der Waals surface area contributed by atoms with Gasteiger partial charge in [-0.15, -0.1) is 0 Å². The lowest BCUT2D eigenvalue weighted by Gasteiger charge is -2.20. The summed E-state index contributed by atoms with van der Waals surface area (Å²) in [7, 11) is -3.56. The summed E-state index contributed by atoms with van der Waals surface area (Å²) >= 11 is 6.02. The van der Waals surface area contributed by atoms with Crippen molar-refractivity contribution in [3.05, 3.63) is 63.7 Å². The minimum atomic E-state index is -3.56. The van der Waals surface area contributed by atoms with Gasteiger partial charge in [0.2, 0.25) is 15.9 Å². The topological polar surface area (TPSA) is 115 Å². The largest absolute Gasteiger partial charge is 0.325 e. The predicted octanol–water partition coefficient (Wildman–Crippen LogP) is 3.07. The minimum absolute atomic E-state index is 0.0628. The van der Waals surface area contributed by atoms with E-state index in [9.17, 15) is 18.0 Å². The number of anilines is 1. The third-order valence-corrected chi connectivity index (χ3v) is 7.69. The molecular weight excluding hydrogens is 478 g/mol. The highest BCUT2D eigenvalue weighted by Gasteiger charge is 2.21. The fourth-order valence-corrected chi connectivity index (χ4v) is 5.18. The molecule has 3 rings (SSSR count). The van der Waals surface area contributed by atoms with Crippen LogP contribution in [0.4, 0.5) is 5.69 Å². The molecule has 0 aliphatic rings. The summed E-state index contributed by atoms with van der Waals surface area (Å²) in [6, 6.07) is 11.0. The summed E-state index contributed by atoms with van der Waals surface area (Å²) in [5, 5.41) is 3.71. The molecule has 0 saturated heterocycles. The molecule has 0 fully saturated rings. The number of aromatic nitrogens is 2. The number of likely N-dealkylation sites (N-methyl/N-ethyl adjacent to an activating group) is 1. The number of carbonyl (C=O) groups excluding carboxylic acids is 1. The molecule has 0 aliphatic carbocycles. The minimum Gasteiger partial charge on any atom is -0.325 e. The van der Waals surface area contributed by atoms with Crippen LogP contribution in [0, 0.1) is 0 Å². The van der Waals surface area contributed by atoms with Crippen LogP contribution in [0.2, 0.25) is 5.02 Å². The first-order valence-electron chi connectivity index (χ1n) is 11.0. The van der Waals surface area contributed by atoms with Crippen LogP contribution in [0.25, 0.3) is 10.9 Å². The third-order valence-electron chi connectivity index (χ3n) is 5.39. The van der Waals surface area contributed by atoms with E-state index in [2.05, 4.69) is 15.3 Å². The zero-order valence-electron chi connectivity index (χ0n) is 19.3. The quantitative estimate of drug-likeness (QED) is 0.437. The number of hydrogen-bond acceptors (Lipinski definition) is 6. The van der Waals surface area contributed by atoms with Gasteiger partial charge in [0.05, 0.1) is 28.9 Å². The van der Waals surface area contributed by atoms with Crippen LogP contribution in [0.5, 0.6) is 0 Å². The lowest BCUT2D eigenvalue weighted by molar-refractivity contribution is -0.117. The Kier molecular flexibility index (Phi) is 8.42. The maximum atomic E-state index is 12.6. The van der Waals surface area contributed by atoms with Gasteiger partial charge >= 0.3 is 0 Å². The normalized spacial score (nSPS) is 11.9. The lowest BCUT2D eigenvalue weighted by atomic mass is 10.2. The van der Waals surface area contributed by atoms with Crippen LogP contribution in [-0.4, -0.2) is 59.7 Å².